The third kappa shape index (κ3) is 5.90. The SMILES string of the molecule is C=C=C(CCCCCC)[Si](C)(C)C. The third-order valence-electron chi connectivity index (χ3n) is 2.40. The molecule has 0 heterocycles. The molecule has 0 rings (SSSR count). The lowest BCUT2D eigenvalue weighted by molar-refractivity contribution is 0.670. The first-order chi connectivity index (χ1) is 6.02. The van der Waals surface area contributed by atoms with Gasteiger partial charge < -0.3 is 0 Å². The van der Waals surface area contributed by atoms with Crippen LogP contribution >= 0.6 is 0 Å². The van der Waals surface area contributed by atoms with Crippen molar-refractivity contribution in [3.8, 4) is 0 Å². The summed E-state index contributed by atoms with van der Waals surface area (Å²) in [4.78, 5) is 0. The van der Waals surface area contributed by atoms with Crippen LogP contribution in [0.3, 0.4) is 0 Å². The molecule has 0 saturated carbocycles. The number of unbranched alkanes of at least 4 members (excludes halogenated alkanes) is 3. The fraction of sp³-hybridized carbons (Fsp3) is 0.750. The van der Waals surface area contributed by atoms with E-state index in [1.807, 2.05) is 0 Å². The van der Waals surface area contributed by atoms with E-state index in [2.05, 4.69) is 38.9 Å². The van der Waals surface area contributed by atoms with Crippen LogP contribution in [-0.4, -0.2) is 8.07 Å². The Bertz CT molecular complexity index is 180. The lowest BCUT2D eigenvalue weighted by Crippen LogP contribution is -2.23. The molecule has 1 heteroatoms. The van der Waals surface area contributed by atoms with Crippen LogP contribution in [-0.2, 0) is 0 Å². The van der Waals surface area contributed by atoms with Crippen molar-refractivity contribution in [2.75, 3.05) is 0 Å². The first-order valence-corrected chi connectivity index (χ1v) is 8.91. The summed E-state index contributed by atoms with van der Waals surface area (Å²) in [7, 11) is -1.10. The first-order valence-electron chi connectivity index (χ1n) is 5.41. The highest BCUT2D eigenvalue weighted by Crippen LogP contribution is 2.19. The van der Waals surface area contributed by atoms with Gasteiger partial charge in [0.25, 0.3) is 0 Å². The second-order valence-corrected chi connectivity index (χ2v) is 9.82. The van der Waals surface area contributed by atoms with Crippen molar-refractivity contribution in [3.05, 3.63) is 17.5 Å². The maximum absolute atomic E-state index is 3.80. The molecule has 0 aromatic heterocycles. The Morgan fingerprint density at radius 2 is 1.77 bits per heavy atom. The van der Waals surface area contributed by atoms with Gasteiger partial charge in [0.1, 0.15) is 0 Å². The van der Waals surface area contributed by atoms with Gasteiger partial charge in [-0.25, -0.2) is 0 Å². The molecular weight excluding hydrogens is 172 g/mol. The summed E-state index contributed by atoms with van der Waals surface area (Å²) < 4.78 is 0. The maximum atomic E-state index is 3.80. The van der Waals surface area contributed by atoms with Crippen LogP contribution in [0.15, 0.2) is 17.5 Å². The molecule has 0 atom stereocenters. The van der Waals surface area contributed by atoms with E-state index in [0.717, 1.165) is 0 Å². The molecule has 0 aliphatic carbocycles. The molecule has 0 saturated heterocycles. The topological polar surface area (TPSA) is 0 Å². The van der Waals surface area contributed by atoms with E-state index in [1.165, 1.54) is 37.3 Å². The van der Waals surface area contributed by atoms with Crippen LogP contribution < -0.4 is 0 Å². The fourth-order valence-corrected chi connectivity index (χ4v) is 2.91. The number of hydrogen-bond donors (Lipinski definition) is 0. The molecule has 0 aromatic rings. The van der Waals surface area contributed by atoms with Crippen LogP contribution in [0.5, 0.6) is 0 Å². The second kappa shape index (κ2) is 6.23. The normalized spacial score (nSPS) is 11.1. The molecule has 0 amide bonds. The zero-order valence-electron chi connectivity index (χ0n) is 9.74. The summed E-state index contributed by atoms with van der Waals surface area (Å²) in [6, 6.07) is 0. The monoisotopic (exact) mass is 196 g/mol. The van der Waals surface area contributed by atoms with E-state index in [-0.39, 0.29) is 0 Å². The molecule has 13 heavy (non-hydrogen) atoms. The summed E-state index contributed by atoms with van der Waals surface area (Å²) in [5.41, 5.74) is 3.15. The minimum Gasteiger partial charge on any atom is -0.134 e. The van der Waals surface area contributed by atoms with E-state index in [4.69, 9.17) is 0 Å². The molecule has 0 aliphatic heterocycles. The van der Waals surface area contributed by atoms with Crippen molar-refractivity contribution < 1.29 is 0 Å². The highest BCUT2D eigenvalue weighted by Gasteiger charge is 2.18. The van der Waals surface area contributed by atoms with E-state index in [1.54, 1.807) is 0 Å². The number of rotatable bonds is 6. The Hall–Kier alpha value is -0.263. The van der Waals surface area contributed by atoms with Crippen LogP contribution in [0.1, 0.15) is 39.0 Å². The molecule has 0 fully saturated rings. The Kier molecular flexibility index (Phi) is 6.10. The van der Waals surface area contributed by atoms with Gasteiger partial charge >= 0.3 is 0 Å². The van der Waals surface area contributed by atoms with Crippen LogP contribution in [0, 0.1) is 0 Å². The average Bonchev–Trinajstić information content (AvgIpc) is 2.02. The zero-order valence-corrected chi connectivity index (χ0v) is 10.7. The van der Waals surface area contributed by atoms with Gasteiger partial charge in [-0.1, -0.05) is 52.4 Å². The predicted octanol–water partition coefficient (Wildman–Crippen LogP) is 4.55. The quantitative estimate of drug-likeness (QED) is 0.332. The fourth-order valence-electron chi connectivity index (χ4n) is 1.46. The highest BCUT2D eigenvalue weighted by molar-refractivity contribution is 6.83. The zero-order chi connectivity index (χ0) is 10.3. The predicted molar refractivity (Wildman–Crippen MR) is 64.8 cm³/mol. The smallest absolute Gasteiger partial charge is 0.0823 e. The Morgan fingerprint density at radius 3 is 2.15 bits per heavy atom. The molecule has 0 N–H and O–H groups in total. The van der Waals surface area contributed by atoms with Crippen molar-refractivity contribution in [3.63, 3.8) is 0 Å². The van der Waals surface area contributed by atoms with Crippen molar-refractivity contribution >= 4 is 8.07 Å². The van der Waals surface area contributed by atoms with Gasteiger partial charge in [-0.2, -0.15) is 0 Å². The van der Waals surface area contributed by atoms with Crippen LogP contribution in [0.2, 0.25) is 19.6 Å². The maximum Gasteiger partial charge on any atom is 0.0823 e. The molecule has 0 aliphatic rings. The van der Waals surface area contributed by atoms with Gasteiger partial charge in [-0.3, -0.25) is 0 Å². The summed E-state index contributed by atoms with van der Waals surface area (Å²) in [6.45, 7) is 13.2. The third-order valence-corrected chi connectivity index (χ3v) is 4.64. The van der Waals surface area contributed by atoms with E-state index < -0.39 is 8.07 Å². The Labute approximate surface area is 84.8 Å². The average molecular weight is 196 g/mol. The minimum atomic E-state index is -1.10. The molecule has 76 valence electrons. The van der Waals surface area contributed by atoms with Crippen molar-refractivity contribution in [1.29, 1.82) is 0 Å². The van der Waals surface area contributed by atoms with Crippen molar-refractivity contribution in [2.45, 2.75) is 58.7 Å². The number of allylic oxidation sites excluding steroid dienone is 1. The minimum absolute atomic E-state index is 1.10. The lowest BCUT2D eigenvalue weighted by atomic mass is 10.1. The van der Waals surface area contributed by atoms with Gasteiger partial charge in [-0.15, -0.1) is 5.73 Å². The van der Waals surface area contributed by atoms with Gasteiger partial charge in [0.2, 0.25) is 0 Å². The molecular formula is C12H24Si. The lowest BCUT2D eigenvalue weighted by Gasteiger charge is -2.18. The van der Waals surface area contributed by atoms with Gasteiger partial charge in [0.15, 0.2) is 0 Å². The van der Waals surface area contributed by atoms with Crippen LogP contribution in [0.25, 0.3) is 0 Å². The summed E-state index contributed by atoms with van der Waals surface area (Å²) in [6.07, 6.45) is 6.62. The molecule has 0 unspecified atom stereocenters. The van der Waals surface area contributed by atoms with E-state index in [9.17, 15) is 0 Å². The van der Waals surface area contributed by atoms with Crippen LogP contribution in [0.4, 0.5) is 0 Å². The van der Waals surface area contributed by atoms with Gasteiger partial charge in [-0.05, 0) is 18.0 Å². The molecule has 0 bridgehead atoms. The highest BCUT2D eigenvalue weighted by atomic mass is 28.3. The molecule has 0 aromatic carbocycles. The van der Waals surface area contributed by atoms with Crippen molar-refractivity contribution in [1.82, 2.24) is 0 Å². The molecule has 0 radical (unpaired) electrons. The Morgan fingerprint density at radius 1 is 1.15 bits per heavy atom. The van der Waals surface area contributed by atoms with Gasteiger partial charge in [0, 0.05) is 0 Å². The standard InChI is InChI=1S/C12H24Si/c1-6-8-9-10-11-12(7-2)13(3,4)5/h2,6,8-11H2,1,3-5H3. The second-order valence-electron chi connectivity index (χ2n) is 4.72. The summed E-state index contributed by atoms with van der Waals surface area (Å²) >= 11 is 0. The molecule has 0 spiro atoms. The van der Waals surface area contributed by atoms with Gasteiger partial charge in [0.05, 0.1) is 8.07 Å². The first kappa shape index (κ1) is 12.7. The van der Waals surface area contributed by atoms with E-state index in [0.29, 0.717) is 0 Å². The molecule has 0 nitrogen and oxygen atoms in total. The number of hydrogen-bond acceptors (Lipinski definition) is 0. The van der Waals surface area contributed by atoms with Crippen molar-refractivity contribution in [2.24, 2.45) is 0 Å². The Balaban J connectivity index is 3.83. The largest absolute Gasteiger partial charge is 0.134 e. The summed E-state index contributed by atoms with van der Waals surface area (Å²) in [5.74, 6) is 0. The van der Waals surface area contributed by atoms with E-state index >= 15 is 0 Å². The summed E-state index contributed by atoms with van der Waals surface area (Å²) in [5, 5.41) is 1.52.